The minimum absolute atomic E-state index is 0.680. The maximum absolute atomic E-state index is 5.97. The lowest BCUT2D eigenvalue weighted by Gasteiger charge is -2.03. The number of rotatable bonds is 2. The maximum Gasteiger partial charge on any atom is 0.133 e. The van der Waals surface area contributed by atoms with Gasteiger partial charge < -0.3 is 0 Å². The van der Waals surface area contributed by atoms with Crippen molar-refractivity contribution in [1.29, 1.82) is 0 Å². The van der Waals surface area contributed by atoms with Crippen LogP contribution in [0.1, 0.15) is 11.4 Å². The molecule has 0 radical (unpaired) electrons. The van der Waals surface area contributed by atoms with Crippen LogP contribution in [-0.4, -0.2) is 9.97 Å². The summed E-state index contributed by atoms with van der Waals surface area (Å²) in [6.45, 7) is 0. The molecule has 0 N–H and O–H groups in total. The smallest absolute Gasteiger partial charge is 0.133 e. The Labute approximate surface area is 121 Å². The Hall–Kier alpha value is -1.64. The van der Waals surface area contributed by atoms with E-state index in [2.05, 4.69) is 9.97 Å². The number of fused-ring (bicyclic) bond motifs is 1. The second-order valence-electron chi connectivity index (χ2n) is 4.29. The molecule has 0 aliphatic carbocycles. The second kappa shape index (κ2) is 5.16. The Bertz CT molecular complexity index is 724. The van der Waals surface area contributed by atoms with Gasteiger partial charge in [0.25, 0.3) is 0 Å². The summed E-state index contributed by atoms with van der Waals surface area (Å²) < 4.78 is 0. The molecule has 4 heteroatoms. The molecule has 0 spiro atoms. The van der Waals surface area contributed by atoms with Gasteiger partial charge in [-0.2, -0.15) is 0 Å². The number of hydrogen-bond donors (Lipinski definition) is 0. The highest BCUT2D eigenvalue weighted by Gasteiger charge is 2.02. The van der Waals surface area contributed by atoms with Crippen molar-refractivity contribution >= 4 is 34.1 Å². The molecule has 0 fully saturated rings. The molecule has 0 bridgehead atoms. The van der Waals surface area contributed by atoms with E-state index in [4.69, 9.17) is 23.2 Å². The van der Waals surface area contributed by atoms with Crippen molar-refractivity contribution in [1.82, 2.24) is 9.97 Å². The molecule has 0 saturated carbocycles. The van der Waals surface area contributed by atoms with Crippen LogP contribution in [0.5, 0.6) is 0 Å². The lowest BCUT2D eigenvalue weighted by molar-refractivity contribution is 0.993. The van der Waals surface area contributed by atoms with Crippen molar-refractivity contribution in [3.05, 3.63) is 70.1 Å². The first-order chi connectivity index (χ1) is 9.20. The molecule has 0 aliphatic rings. The van der Waals surface area contributed by atoms with Gasteiger partial charge in [-0.15, -0.1) is 0 Å². The van der Waals surface area contributed by atoms with Gasteiger partial charge >= 0.3 is 0 Å². The third-order valence-electron chi connectivity index (χ3n) is 2.87. The van der Waals surface area contributed by atoms with Crippen molar-refractivity contribution in [2.75, 3.05) is 0 Å². The number of halogens is 2. The van der Waals surface area contributed by atoms with E-state index in [-0.39, 0.29) is 0 Å². The molecule has 2 aromatic carbocycles. The number of hydrogen-bond acceptors (Lipinski definition) is 2. The summed E-state index contributed by atoms with van der Waals surface area (Å²) in [5.74, 6) is 0.775. The SMILES string of the molecule is Clc1ccc(Cc2ncc3ccc(Cl)cc3n2)cc1. The van der Waals surface area contributed by atoms with Gasteiger partial charge in [0.1, 0.15) is 5.82 Å². The highest BCUT2D eigenvalue weighted by molar-refractivity contribution is 6.31. The molecule has 0 atom stereocenters. The van der Waals surface area contributed by atoms with Gasteiger partial charge in [-0.25, -0.2) is 9.97 Å². The molecular formula is C15H10Cl2N2. The zero-order chi connectivity index (χ0) is 13.2. The van der Waals surface area contributed by atoms with Crippen molar-refractivity contribution in [3.8, 4) is 0 Å². The van der Waals surface area contributed by atoms with Crippen LogP contribution in [0, 0.1) is 0 Å². The highest BCUT2D eigenvalue weighted by Crippen LogP contribution is 2.18. The van der Waals surface area contributed by atoms with E-state index in [1.165, 1.54) is 0 Å². The van der Waals surface area contributed by atoms with Gasteiger partial charge in [-0.1, -0.05) is 35.3 Å². The number of benzene rings is 2. The van der Waals surface area contributed by atoms with Gasteiger partial charge in [-0.3, -0.25) is 0 Å². The molecule has 3 aromatic rings. The van der Waals surface area contributed by atoms with Crippen LogP contribution in [0.3, 0.4) is 0 Å². The Balaban J connectivity index is 1.94. The average molecular weight is 289 g/mol. The van der Waals surface area contributed by atoms with E-state index >= 15 is 0 Å². The van der Waals surface area contributed by atoms with Crippen LogP contribution in [0.25, 0.3) is 10.9 Å². The second-order valence-corrected chi connectivity index (χ2v) is 5.17. The van der Waals surface area contributed by atoms with Crippen LogP contribution in [-0.2, 0) is 6.42 Å². The summed E-state index contributed by atoms with van der Waals surface area (Å²) in [5, 5.41) is 2.41. The fourth-order valence-electron chi connectivity index (χ4n) is 1.90. The van der Waals surface area contributed by atoms with Gasteiger partial charge in [0.15, 0.2) is 0 Å². The molecule has 0 aliphatic heterocycles. The summed E-state index contributed by atoms with van der Waals surface area (Å²) in [5.41, 5.74) is 2.00. The Morgan fingerprint density at radius 2 is 1.63 bits per heavy atom. The minimum atomic E-state index is 0.680. The summed E-state index contributed by atoms with van der Waals surface area (Å²) >= 11 is 11.8. The summed E-state index contributed by atoms with van der Waals surface area (Å²) in [6, 6.07) is 13.3. The predicted molar refractivity (Wildman–Crippen MR) is 78.8 cm³/mol. The topological polar surface area (TPSA) is 25.8 Å². The average Bonchev–Trinajstić information content (AvgIpc) is 2.41. The van der Waals surface area contributed by atoms with Crippen LogP contribution >= 0.6 is 23.2 Å². The molecule has 94 valence electrons. The summed E-state index contributed by atoms with van der Waals surface area (Å²) in [7, 11) is 0. The zero-order valence-corrected chi connectivity index (χ0v) is 11.5. The Morgan fingerprint density at radius 3 is 2.42 bits per heavy atom. The van der Waals surface area contributed by atoms with Crippen molar-refractivity contribution < 1.29 is 0 Å². The van der Waals surface area contributed by atoms with Gasteiger partial charge in [0.05, 0.1) is 5.52 Å². The normalized spacial score (nSPS) is 10.8. The highest BCUT2D eigenvalue weighted by atomic mass is 35.5. The first-order valence-corrected chi connectivity index (χ1v) is 6.62. The fraction of sp³-hybridized carbons (Fsp3) is 0.0667. The Morgan fingerprint density at radius 1 is 0.895 bits per heavy atom. The van der Waals surface area contributed by atoms with Crippen LogP contribution in [0.2, 0.25) is 10.0 Å². The molecule has 2 nitrogen and oxygen atoms in total. The van der Waals surface area contributed by atoms with E-state index in [9.17, 15) is 0 Å². The first kappa shape index (κ1) is 12.4. The van der Waals surface area contributed by atoms with E-state index in [0.29, 0.717) is 11.4 Å². The number of aromatic nitrogens is 2. The summed E-state index contributed by atoms with van der Waals surface area (Å²) in [4.78, 5) is 8.89. The lowest BCUT2D eigenvalue weighted by Crippen LogP contribution is -1.96. The fourth-order valence-corrected chi connectivity index (χ4v) is 2.20. The van der Waals surface area contributed by atoms with Crippen LogP contribution < -0.4 is 0 Å². The standard InChI is InChI=1S/C15H10Cl2N2/c16-12-4-1-10(2-5-12)7-15-18-9-11-3-6-13(17)8-14(11)19-15/h1-6,8-9H,7H2. The lowest BCUT2D eigenvalue weighted by atomic mass is 10.1. The van der Waals surface area contributed by atoms with Gasteiger partial charge in [0, 0.05) is 28.0 Å². The van der Waals surface area contributed by atoms with E-state index < -0.39 is 0 Å². The minimum Gasteiger partial charge on any atom is -0.240 e. The monoisotopic (exact) mass is 288 g/mol. The molecule has 1 heterocycles. The first-order valence-electron chi connectivity index (χ1n) is 5.86. The molecule has 1 aromatic heterocycles. The molecule has 0 saturated heterocycles. The van der Waals surface area contributed by atoms with E-state index in [1.54, 1.807) is 0 Å². The van der Waals surface area contributed by atoms with Gasteiger partial charge in [-0.05, 0) is 35.9 Å². The zero-order valence-electron chi connectivity index (χ0n) is 9.98. The number of nitrogens with zero attached hydrogens (tertiary/aromatic N) is 2. The van der Waals surface area contributed by atoms with E-state index in [1.807, 2.05) is 48.7 Å². The predicted octanol–water partition coefficient (Wildman–Crippen LogP) is 4.53. The molecular weight excluding hydrogens is 279 g/mol. The molecule has 0 amide bonds. The van der Waals surface area contributed by atoms with Crippen molar-refractivity contribution in [2.45, 2.75) is 6.42 Å². The Kier molecular flexibility index (Phi) is 3.36. The molecule has 3 rings (SSSR count). The largest absolute Gasteiger partial charge is 0.240 e. The third kappa shape index (κ3) is 2.86. The van der Waals surface area contributed by atoms with Crippen molar-refractivity contribution in [3.63, 3.8) is 0 Å². The van der Waals surface area contributed by atoms with Crippen LogP contribution in [0.15, 0.2) is 48.7 Å². The maximum atomic E-state index is 5.97. The molecule has 0 unspecified atom stereocenters. The third-order valence-corrected chi connectivity index (χ3v) is 3.36. The summed E-state index contributed by atoms with van der Waals surface area (Å²) in [6.07, 6.45) is 2.50. The van der Waals surface area contributed by atoms with Crippen LogP contribution in [0.4, 0.5) is 0 Å². The van der Waals surface area contributed by atoms with E-state index in [0.717, 1.165) is 27.3 Å². The van der Waals surface area contributed by atoms with Gasteiger partial charge in [0.2, 0.25) is 0 Å². The quantitative estimate of drug-likeness (QED) is 0.692. The van der Waals surface area contributed by atoms with Crippen molar-refractivity contribution in [2.24, 2.45) is 0 Å². The molecule has 19 heavy (non-hydrogen) atoms.